The van der Waals surface area contributed by atoms with Gasteiger partial charge in [-0.3, -0.25) is 0 Å². The van der Waals surface area contributed by atoms with Crippen LogP contribution in [0.2, 0.25) is 0 Å². The van der Waals surface area contributed by atoms with E-state index in [1.54, 1.807) is 13.3 Å². The number of pyridine rings is 1. The molecule has 0 bridgehead atoms. The van der Waals surface area contributed by atoms with Gasteiger partial charge in [0.2, 0.25) is 5.82 Å². The molecule has 0 N–H and O–H groups in total. The molecule has 0 aliphatic rings. The fraction of sp³-hybridized carbons (Fsp3) is 0.273. The van der Waals surface area contributed by atoms with Crippen molar-refractivity contribution in [2.45, 2.75) is 27.7 Å². The highest BCUT2D eigenvalue weighted by atomic mass is 32.1. The van der Waals surface area contributed by atoms with Crippen molar-refractivity contribution < 1.29 is 9.30 Å². The number of hydrogen-bond acceptors (Lipinski definition) is 4. The number of thiophene rings is 2. The van der Waals surface area contributed by atoms with E-state index in [0.29, 0.717) is 0 Å². The second kappa shape index (κ2) is 7.18. The van der Waals surface area contributed by atoms with E-state index in [0.717, 1.165) is 11.6 Å². The Bertz CT molecular complexity index is 1150. The molecule has 0 atom stereocenters. The van der Waals surface area contributed by atoms with Crippen LogP contribution in [0.4, 0.5) is 0 Å². The molecule has 0 aliphatic carbocycles. The molecule has 144 valence electrons. The first-order valence-corrected chi connectivity index (χ1v) is 10.8. The molecule has 0 unspecified atom stereocenters. The van der Waals surface area contributed by atoms with Crippen molar-refractivity contribution in [2.75, 3.05) is 7.11 Å². The van der Waals surface area contributed by atoms with Crippen LogP contribution in [0.25, 0.3) is 28.3 Å². The molecule has 0 fully saturated rings. The zero-order valence-electron chi connectivity index (χ0n) is 17.0. The van der Waals surface area contributed by atoms with Crippen LogP contribution in [0.5, 0.6) is 5.75 Å². The predicted molar refractivity (Wildman–Crippen MR) is 117 cm³/mol. The lowest BCUT2D eigenvalue weighted by atomic mass is 10.0. The van der Waals surface area contributed by atoms with Crippen molar-refractivity contribution in [3.8, 4) is 34.1 Å². The molecule has 4 aromatic heterocycles. The fourth-order valence-electron chi connectivity index (χ4n) is 3.69. The second-order valence-electron chi connectivity index (χ2n) is 7.00. The Labute approximate surface area is 173 Å². The molecule has 6 heteroatoms. The van der Waals surface area contributed by atoms with Gasteiger partial charge in [0.15, 0.2) is 11.4 Å². The Morgan fingerprint density at radius 3 is 2.11 bits per heavy atom. The van der Waals surface area contributed by atoms with E-state index in [1.165, 1.54) is 42.0 Å². The van der Waals surface area contributed by atoms with Gasteiger partial charge in [-0.15, -0.1) is 22.7 Å². The summed E-state index contributed by atoms with van der Waals surface area (Å²) in [6, 6.07) is 8.54. The minimum absolute atomic E-state index is 0.758. The zero-order valence-corrected chi connectivity index (χ0v) is 18.7. The monoisotopic (exact) mass is 410 g/mol. The maximum absolute atomic E-state index is 5.29. The molecular weight excluding hydrogens is 386 g/mol. The number of ether oxygens (including phenoxy) is 1. The minimum atomic E-state index is 0.758. The Balaban J connectivity index is 2.03. The Kier molecular flexibility index (Phi) is 4.85. The summed E-state index contributed by atoms with van der Waals surface area (Å²) in [5, 5.41) is 0. The van der Waals surface area contributed by atoms with Gasteiger partial charge in [-0.25, -0.2) is 9.55 Å². The van der Waals surface area contributed by atoms with Gasteiger partial charge in [-0.2, -0.15) is 4.57 Å². The van der Waals surface area contributed by atoms with Gasteiger partial charge in [0, 0.05) is 36.7 Å². The summed E-state index contributed by atoms with van der Waals surface area (Å²) >= 11 is 3.68. The van der Waals surface area contributed by atoms with Crippen LogP contribution in [-0.4, -0.2) is 16.7 Å². The van der Waals surface area contributed by atoms with Crippen LogP contribution in [-0.2, 0) is 7.05 Å². The Hall–Kier alpha value is -2.44. The van der Waals surface area contributed by atoms with E-state index in [2.05, 4.69) is 67.3 Å². The summed E-state index contributed by atoms with van der Waals surface area (Å²) in [7, 11) is 3.77. The number of nitrogens with zero attached hydrogens (tertiary/aromatic N) is 3. The summed E-state index contributed by atoms with van der Waals surface area (Å²) in [6.07, 6.45) is 3.89. The predicted octanol–water partition coefficient (Wildman–Crippen LogP) is 5.40. The lowest BCUT2D eigenvalue weighted by Crippen LogP contribution is -2.27. The third-order valence-corrected chi connectivity index (χ3v) is 6.83. The molecule has 0 aliphatic heterocycles. The first-order valence-electron chi connectivity index (χ1n) is 9.15. The highest BCUT2D eigenvalue weighted by molar-refractivity contribution is 7.12. The summed E-state index contributed by atoms with van der Waals surface area (Å²) in [4.78, 5) is 9.94. The molecular formula is C22H24N3OS2+. The minimum Gasteiger partial charge on any atom is -0.495 e. The second-order valence-corrected chi connectivity index (χ2v) is 9.92. The van der Waals surface area contributed by atoms with E-state index in [1.807, 2.05) is 34.8 Å². The third kappa shape index (κ3) is 3.16. The summed E-state index contributed by atoms with van der Waals surface area (Å²) < 4.78 is 9.69. The molecule has 0 aromatic carbocycles. The van der Waals surface area contributed by atoms with Gasteiger partial charge >= 0.3 is 0 Å². The first-order chi connectivity index (χ1) is 13.4. The maximum atomic E-state index is 5.29. The molecule has 4 nitrogen and oxygen atoms in total. The molecule has 4 heterocycles. The SMILES string of the molecule is COc1ccc(-n2c[n+](C)c(-c3cc(C)sc3C)c2-c2cc(C)sc2C)nc1. The quantitative estimate of drug-likeness (QED) is 0.422. The van der Waals surface area contributed by atoms with Crippen molar-refractivity contribution in [3.05, 3.63) is 56.3 Å². The normalized spacial score (nSPS) is 11.2. The van der Waals surface area contributed by atoms with Crippen molar-refractivity contribution in [2.24, 2.45) is 7.05 Å². The van der Waals surface area contributed by atoms with Crippen LogP contribution < -0.4 is 9.30 Å². The largest absolute Gasteiger partial charge is 0.495 e. The average molecular weight is 411 g/mol. The van der Waals surface area contributed by atoms with E-state index >= 15 is 0 Å². The number of aryl methyl sites for hydroxylation is 5. The topological polar surface area (TPSA) is 30.9 Å². The average Bonchev–Trinajstić information content (AvgIpc) is 3.28. The molecule has 0 spiro atoms. The highest BCUT2D eigenvalue weighted by Crippen LogP contribution is 2.40. The van der Waals surface area contributed by atoms with Crippen LogP contribution in [0, 0.1) is 27.7 Å². The smallest absolute Gasteiger partial charge is 0.251 e. The molecule has 4 rings (SSSR count). The van der Waals surface area contributed by atoms with Crippen molar-refractivity contribution >= 4 is 22.7 Å². The van der Waals surface area contributed by atoms with Crippen LogP contribution in [0.15, 0.2) is 36.8 Å². The van der Waals surface area contributed by atoms with Gasteiger partial charge in [0.05, 0.1) is 20.4 Å². The summed E-state index contributed by atoms with van der Waals surface area (Å²) in [6.45, 7) is 8.73. The van der Waals surface area contributed by atoms with Gasteiger partial charge in [-0.05, 0) is 45.9 Å². The number of hydrogen-bond donors (Lipinski definition) is 0. The fourth-order valence-corrected chi connectivity index (χ4v) is 5.54. The van der Waals surface area contributed by atoms with Gasteiger partial charge in [0.25, 0.3) is 6.33 Å². The third-order valence-electron chi connectivity index (χ3n) is 4.90. The summed E-state index contributed by atoms with van der Waals surface area (Å²) in [5.41, 5.74) is 4.96. The van der Waals surface area contributed by atoms with E-state index in [9.17, 15) is 0 Å². The number of rotatable bonds is 4. The lowest BCUT2D eigenvalue weighted by molar-refractivity contribution is -0.659. The van der Waals surface area contributed by atoms with Crippen LogP contribution in [0.1, 0.15) is 19.5 Å². The Morgan fingerprint density at radius 1 is 0.964 bits per heavy atom. The molecule has 28 heavy (non-hydrogen) atoms. The van der Waals surface area contributed by atoms with Crippen LogP contribution >= 0.6 is 22.7 Å². The van der Waals surface area contributed by atoms with E-state index in [-0.39, 0.29) is 0 Å². The number of methoxy groups -OCH3 is 1. The van der Waals surface area contributed by atoms with Crippen molar-refractivity contribution in [1.29, 1.82) is 0 Å². The van der Waals surface area contributed by atoms with Gasteiger partial charge in [0.1, 0.15) is 5.75 Å². The first kappa shape index (κ1) is 18.9. The van der Waals surface area contributed by atoms with Crippen molar-refractivity contribution in [1.82, 2.24) is 9.55 Å². The molecule has 0 amide bonds. The van der Waals surface area contributed by atoms with Crippen LogP contribution in [0.3, 0.4) is 0 Å². The van der Waals surface area contributed by atoms with Gasteiger partial charge < -0.3 is 4.74 Å². The molecule has 0 saturated heterocycles. The molecule has 4 aromatic rings. The molecule has 0 radical (unpaired) electrons. The van der Waals surface area contributed by atoms with E-state index in [4.69, 9.17) is 4.74 Å². The van der Waals surface area contributed by atoms with E-state index < -0.39 is 0 Å². The highest BCUT2D eigenvalue weighted by Gasteiger charge is 2.29. The van der Waals surface area contributed by atoms with Gasteiger partial charge in [-0.1, -0.05) is 0 Å². The lowest BCUT2D eigenvalue weighted by Gasteiger charge is -2.05. The number of imidazole rings is 1. The molecule has 0 saturated carbocycles. The Morgan fingerprint density at radius 2 is 1.61 bits per heavy atom. The standard InChI is InChI=1S/C22H24N3OS2/c1-13-9-18(15(3)27-13)21-22(19-10-14(2)28-16(19)4)25(12-24(21)5)20-8-7-17(26-6)11-23-20/h7-12H,1-6H3/q+1. The maximum Gasteiger partial charge on any atom is 0.251 e. The zero-order chi connectivity index (χ0) is 20.0. The number of aromatic nitrogens is 3. The van der Waals surface area contributed by atoms with Crippen molar-refractivity contribution in [3.63, 3.8) is 0 Å². The summed E-state index contributed by atoms with van der Waals surface area (Å²) in [5.74, 6) is 1.64.